The van der Waals surface area contributed by atoms with Gasteiger partial charge in [0.2, 0.25) is 5.91 Å². The molecule has 0 spiro atoms. The molecule has 0 bridgehead atoms. The van der Waals surface area contributed by atoms with Gasteiger partial charge in [-0.1, -0.05) is 32.0 Å². The molecule has 1 aromatic heterocycles. The number of aromatic nitrogens is 2. The zero-order chi connectivity index (χ0) is 18.5. The summed E-state index contributed by atoms with van der Waals surface area (Å²) < 4.78 is 5.29. The van der Waals surface area contributed by atoms with E-state index in [1.54, 1.807) is 6.07 Å². The molecule has 138 valence electrons. The molecule has 0 unspecified atom stereocenters. The van der Waals surface area contributed by atoms with Crippen LogP contribution in [0.5, 0.6) is 0 Å². The number of anilines is 3. The van der Waals surface area contributed by atoms with Crippen LogP contribution in [0.2, 0.25) is 0 Å². The Bertz CT molecular complexity index is 753. The lowest BCUT2D eigenvalue weighted by molar-refractivity contribution is -0.122. The summed E-state index contributed by atoms with van der Waals surface area (Å²) in [5.74, 6) is 1.52. The first kappa shape index (κ1) is 18.3. The highest BCUT2D eigenvalue weighted by molar-refractivity contribution is 5.91. The normalized spacial score (nSPS) is 15.1. The van der Waals surface area contributed by atoms with Gasteiger partial charge in [0.05, 0.1) is 0 Å². The molecule has 0 atom stereocenters. The molecule has 6 heteroatoms. The van der Waals surface area contributed by atoms with E-state index in [0.717, 1.165) is 24.1 Å². The molecule has 0 aliphatic carbocycles. The van der Waals surface area contributed by atoms with Gasteiger partial charge in [-0.05, 0) is 48.9 Å². The Kier molecular flexibility index (Phi) is 5.83. The van der Waals surface area contributed by atoms with E-state index >= 15 is 0 Å². The average Bonchev–Trinajstić information content (AvgIpc) is 2.65. The number of rotatable bonds is 5. The molecule has 1 aliphatic heterocycles. The second kappa shape index (κ2) is 8.27. The van der Waals surface area contributed by atoms with E-state index < -0.39 is 0 Å². The number of aryl methyl sites for hydroxylation is 1. The Labute approximate surface area is 154 Å². The second-order valence-electron chi connectivity index (χ2n) is 7.00. The van der Waals surface area contributed by atoms with Crippen LogP contribution in [0.3, 0.4) is 0 Å². The third kappa shape index (κ3) is 4.38. The van der Waals surface area contributed by atoms with Crippen molar-refractivity contribution in [3.63, 3.8) is 0 Å². The van der Waals surface area contributed by atoms with E-state index in [4.69, 9.17) is 4.74 Å². The Morgan fingerprint density at radius 2 is 1.81 bits per heavy atom. The molecule has 6 nitrogen and oxygen atoms in total. The van der Waals surface area contributed by atoms with Gasteiger partial charge in [0, 0.05) is 24.8 Å². The summed E-state index contributed by atoms with van der Waals surface area (Å²) in [6, 6.07) is 9.87. The molecule has 1 saturated heterocycles. The lowest BCUT2D eigenvalue weighted by Crippen LogP contribution is -2.28. The van der Waals surface area contributed by atoms with Crippen LogP contribution in [0.4, 0.5) is 17.3 Å². The maximum atomic E-state index is 12.3. The molecule has 3 rings (SSSR count). The van der Waals surface area contributed by atoms with E-state index in [-0.39, 0.29) is 11.8 Å². The number of amides is 1. The lowest BCUT2D eigenvalue weighted by Gasteiger charge is -2.20. The molecule has 1 aliphatic rings. The first-order chi connectivity index (χ1) is 12.5. The third-order valence-corrected chi connectivity index (χ3v) is 4.69. The number of carbonyl (C=O) groups excluding carboxylic acids is 1. The Balaban J connectivity index is 1.68. The van der Waals surface area contributed by atoms with E-state index in [0.29, 0.717) is 30.8 Å². The summed E-state index contributed by atoms with van der Waals surface area (Å²) in [5, 5.41) is 14.6. The molecular formula is C20H26N4O2. The first-order valence-corrected chi connectivity index (χ1v) is 9.13. The predicted molar refractivity (Wildman–Crippen MR) is 103 cm³/mol. The molecule has 1 fully saturated rings. The van der Waals surface area contributed by atoms with Crippen LogP contribution >= 0.6 is 0 Å². The van der Waals surface area contributed by atoms with E-state index in [1.165, 1.54) is 5.56 Å². The largest absolute Gasteiger partial charge is 0.381 e. The third-order valence-electron chi connectivity index (χ3n) is 4.69. The summed E-state index contributed by atoms with van der Waals surface area (Å²) in [5.41, 5.74) is 3.47. The maximum Gasteiger partial charge on any atom is 0.228 e. The Hall–Kier alpha value is -2.47. The fourth-order valence-corrected chi connectivity index (χ4v) is 3.12. The molecular weight excluding hydrogens is 328 g/mol. The molecule has 2 N–H and O–H groups in total. The van der Waals surface area contributed by atoms with Gasteiger partial charge in [0.1, 0.15) is 0 Å². The average molecular weight is 354 g/mol. The van der Waals surface area contributed by atoms with Crippen LogP contribution in [0, 0.1) is 12.8 Å². The van der Waals surface area contributed by atoms with Gasteiger partial charge < -0.3 is 15.4 Å². The number of para-hydroxylation sites is 1. The maximum absolute atomic E-state index is 12.3. The minimum absolute atomic E-state index is 0.00990. The monoisotopic (exact) mass is 354 g/mol. The van der Waals surface area contributed by atoms with E-state index in [1.807, 2.05) is 6.07 Å². The van der Waals surface area contributed by atoms with Crippen LogP contribution in [-0.4, -0.2) is 29.3 Å². The van der Waals surface area contributed by atoms with Crippen molar-refractivity contribution in [3.05, 3.63) is 41.5 Å². The van der Waals surface area contributed by atoms with Gasteiger partial charge >= 0.3 is 0 Å². The van der Waals surface area contributed by atoms with Crippen LogP contribution in [-0.2, 0) is 9.53 Å². The fourth-order valence-electron chi connectivity index (χ4n) is 3.12. The summed E-state index contributed by atoms with van der Waals surface area (Å²) in [4.78, 5) is 12.3. The van der Waals surface area contributed by atoms with Crippen LogP contribution in [0.1, 0.15) is 43.7 Å². The highest BCUT2D eigenvalue weighted by Crippen LogP contribution is 2.29. The van der Waals surface area contributed by atoms with Crippen molar-refractivity contribution >= 4 is 23.2 Å². The number of ether oxygens (including phenoxy) is 1. The number of benzene rings is 1. The van der Waals surface area contributed by atoms with Crippen LogP contribution in [0.15, 0.2) is 30.3 Å². The summed E-state index contributed by atoms with van der Waals surface area (Å²) in [6.45, 7) is 7.69. The van der Waals surface area contributed by atoms with Crippen molar-refractivity contribution in [2.24, 2.45) is 5.92 Å². The minimum Gasteiger partial charge on any atom is -0.381 e. The van der Waals surface area contributed by atoms with Crippen molar-refractivity contribution in [1.82, 2.24) is 10.2 Å². The summed E-state index contributed by atoms with van der Waals surface area (Å²) in [6.07, 6.45) is 1.51. The number of carbonyl (C=O) groups is 1. The predicted octanol–water partition coefficient (Wildman–Crippen LogP) is 4.02. The van der Waals surface area contributed by atoms with Crippen LogP contribution < -0.4 is 10.6 Å². The first-order valence-electron chi connectivity index (χ1n) is 9.13. The molecule has 0 saturated carbocycles. The standard InChI is InChI=1S/C20H26N4O2/c1-13(2)16-6-4-5-14(3)19(16)21-17-7-8-18(24-23-17)22-20(25)15-9-11-26-12-10-15/h4-8,13,15H,9-12H2,1-3H3,(H,21,23)(H,22,24,25). The van der Waals surface area contributed by atoms with Gasteiger partial charge in [0.15, 0.2) is 11.6 Å². The quantitative estimate of drug-likeness (QED) is 0.848. The highest BCUT2D eigenvalue weighted by Gasteiger charge is 2.22. The van der Waals surface area contributed by atoms with Crippen LogP contribution in [0.25, 0.3) is 0 Å². The highest BCUT2D eigenvalue weighted by atomic mass is 16.5. The van der Waals surface area contributed by atoms with E-state index in [9.17, 15) is 4.79 Å². The molecule has 1 aromatic carbocycles. The Morgan fingerprint density at radius 1 is 1.12 bits per heavy atom. The molecule has 2 heterocycles. The van der Waals surface area contributed by atoms with Crippen molar-refractivity contribution < 1.29 is 9.53 Å². The second-order valence-corrected chi connectivity index (χ2v) is 7.00. The summed E-state index contributed by atoms with van der Waals surface area (Å²) >= 11 is 0. The van der Waals surface area contributed by atoms with Gasteiger partial charge in [-0.2, -0.15) is 0 Å². The minimum atomic E-state index is -0.0103. The van der Waals surface area contributed by atoms with Crippen molar-refractivity contribution in [2.45, 2.75) is 39.5 Å². The zero-order valence-electron chi connectivity index (χ0n) is 15.6. The molecule has 26 heavy (non-hydrogen) atoms. The van der Waals surface area contributed by atoms with Crippen molar-refractivity contribution in [1.29, 1.82) is 0 Å². The van der Waals surface area contributed by atoms with Gasteiger partial charge in [0.25, 0.3) is 0 Å². The Morgan fingerprint density at radius 3 is 2.46 bits per heavy atom. The molecule has 2 aromatic rings. The van der Waals surface area contributed by atoms with Gasteiger partial charge in [-0.25, -0.2) is 0 Å². The number of hydrogen-bond acceptors (Lipinski definition) is 5. The number of nitrogens with one attached hydrogen (secondary N) is 2. The number of hydrogen-bond donors (Lipinski definition) is 2. The van der Waals surface area contributed by atoms with Gasteiger partial charge in [-0.3, -0.25) is 4.79 Å². The zero-order valence-corrected chi connectivity index (χ0v) is 15.6. The van der Waals surface area contributed by atoms with Crippen molar-refractivity contribution in [2.75, 3.05) is 23.8 Å². The van der Waals surface area contributed by atoms with Gasteiger partial charge in [-0.15, -0.1) is 10.2 Å². The number of nitrogens with zero attached hydrogens (tertiary/aromatic N) is 2. The SMILES string of the molecule is Cc1cccc(C(C)C)c1Nc1ccc(NC(=O)C2CCOCC2)nn1. The lowest BCUT2D eigenvalue weighted by atomic mass is 9.98. The smallest absolute Gasteiger partial charge is 0.228 e. The summed E-state index contributed by atoms with van der Waals surface area (Å²) in [7, 11) is 0. The molecule has 0 radical (unpaired) electrons. The topological polar surface area (TPSA) is 76.1 Å². The molecule has 1 amide bonds. The van der Waals surface area contributed by atoms with Crippen molar-refractivity contribution in [3.8, 4) is 0 Å². The van der Waals surface area contributed by atoms with E-state index in [2.05, 4.69) is 59.8 Å². The fraction of sp³-hybridized carbons (Fsp3) is 0.450.